The summed E-state index contributed by atoms with van der Waals surface area (Å²) in [7, 11) is 0. The number of ether oxygens (including phenoxy) is 1. The largest absolute Gasteiger partial charge is 0.506 e. The van der Waals surface area contributed by atoms with Crippen molar-refractivity contribution in [3.05, 3.63) is 41.4 Å². The van der Waals surface area contributed by atoms with Crippen molar-refractivity contribution in [2.24, 2.45) is 5.92 Å². The van der Waals surface area contributed by atoms with Crippen molar-refractivity contribution in [3.63, 3.8) is 0 Å². The number of hydrogen-bond donors (Lipinski definition) is 1. The van der Waals surface area contributed by atoms with Crippen LogP contribution in [0.4, 0.5) is 5.82 Å². The number of piperidine rings is 1. The standard InChI is InChI=1S/C21H27ClN2O2/c1-21(2,3)26-14-15-10-12-24(13-11-15)19-9-5-8-18(23-19)16-6-4-7-17(22)20(16)25/h4-9,15,25H,10-14H2,1-3H3. The van der Waals surface area contributed by atoms with Crippen LogP contribution in [-0.4, -0.2) is 35.4 Å². The number of para-hydroxylation sites is 1. The molecule has 0 saturated carbocycles. The molecule has 1 aliphatic rings. The Morgan fingerprint density at radius 3 is 2.54 bits per heavy atom. The number of halogens is 1. The maximum absolute atomic E-state index is 10.2. The summed E-state index contributed by atoms with van der Waals surface area (Å²) in [5, 5.41) is 10.6. The van der Waals surface area contributed by atoms with Crippen molar-refractivity contribution >= 4 is 17.4 Å². The molecule has 0 atom stereocenters. The number of hydrogen-bond acceptors (Lipinski definition) is 4. The average molecular weight is 375 g/mol. The molecular weight excluding hydrogens is 348 g/mol. The maximum Gasteiger partial charge on any atom is 0.143 e. The Bertz CT molecular complexity index is 750. The number of aromatic nitrogens is 1. The third kappa shape index (κ3) is 4.68. The zero-order valence-corrected chi connectivity index (χ0v) is 16.5. The molecule has 1 aromatic carbocycles. The van der Waals surface area contributed by atoms with Gasteiger partial charge in [-0.1, -0.05) is 23.7 Å². The van der Waals surface area contributed by atoms with E-state index < -0.39 is 0 Å². The molecule has 0 bridgehead atoms. The fourth-order valence-corrected chi connectivity index (χ4v) is 3.34. The molecule has 0 unspecified atom stereocenters. The van der Waals surface area contributed by atoms with Gasteiger partial charge in [-0.15, -0.1) is 0 Å². The van der Waals surface area contributed by atoms with Gasteiger partial charge in [0.25, 0.3) is 0 Å². The van der Waals surface area contributed by atoms with Gasteiger partial charge in [-0.2, -0.15) is 0 Å². The Morgan fingerprint density at radius 2 is 1.85 bits per heavy atom. The summed E-state index contributed by atoms with van der Waals surface area (Å²) in [5.41, 5.74) is 1.32. The molecule has 0 radical (unpaired) electrons. The third-order valence-electron chi connectivity index (χ3n) is 4.69. The molecule has 1 aromatic heterocycles. The van der Waals surface area contributed by atoms with Gasteiger partial charge >= 0.3 is 0 Å². The van der Waals surface area contributed by atoms with E-state index in [-0.39, 0.29) is 11.4 Å². The van der Waals surface area contributed by atoms with Gasteiger partial charge in [-0.3, -0.25) is 0 Å². The van der Waals surface area contributed by atoms with Crippen molar-refractivity contribution in [2.75, 3.05) is 24.6 Å². The molecule has 140 valence electrons. The Morgan fingerprint density at radius 1 is 1.15 bits per heavy atom. The predicted molar refractivity (Wildman–Crippen MR) is 107 cm³/mol. The van der Waals surface area contributed by atoms with Crippen molar-refractivity contribution < 1.29 is 9.84 Å². The topological polar surface area (TPSA) is 45.6 Å². The minimum Gasteiger partial charge on any atom is -0.506 e. The first-order valence-electron chi connectivity index (χ1n) is 9.17. The highest BCUT2D eigenvalue weighted by Crippen LogP contribution is 2.35. The maximum atomic E-state index is 10.2. The van der Waals surface area contributed by atoms with Crippen LogP contribution in [0.25, 0.3) is 11.3 Å². The van der Waals surface area contributed by atoms with Gasteiger partial charge in [0.05, 0.1) is 22.9 Å². The summed E-state index contributed by atoms with van der Waals surface area (Å²) in [6.07, 6.45) is 2.20. The first-order chi connectivity index (χ1) is 12.3. The summed E-state index contributed by atoms with van der Waals surface area (Å²) in [6, 6.07) is 11.2. The lowest BCUT2D eigenvalue weighted by atomic mass is 9.97. The third-order valence-corrected chi connectivity index (χ3v) is 4.99. The van der Waals surface area contributed by atoms with Crippen LogP contribution in [0.3, 0.4) is 0 Å². The summed E-state index contributed by atoms with van der Waals surface area (Å²) >= 11 is 6.03. The van der Waals surface area contributed by atoms with Crippen molar-refractivity contribution in [1.29, 1.82) is 0 Å². The molecule has 0 amide bonds. The number of aromatic hydroxyl groups is 1. The molecule has 2 heterocycles. The van der Waals surface area contributed by atoms with E-state index >= 15 is 0 Å². The second-order valence-electron chi connectivity index (χ2n) is 7.87. The van der Waals surface area contributed by atoms with E-state index in [0.717, 1.165) is 44.0 Å². The smallest absolute Gasteiger partial charge is 0.143 e. The second kappa shape index (κ2) is 7.85. The molecule has 0 aliphatic carbocycles. The zero-order valence-electron chi connectivity index (χ0n) is 15.7. The van der Waals surface area contributed by atoms with Crippen LogP contribution in [0.15, 0.2) is 36.4 Å². The molecule has 1 saturated heterocycles. The molecule has 1 aliphatic heterocycles. The number of phenols is 1. The fourth-order valence-electron chi connectivity index (χ4n) is 3.17. The number of rotatable bonds is 4. The molecule has 1 N–H and O–H groups in total. The average Bonchev–Trinajstić information content (AvgIpc) is 2.62. The van der Waals surface area contributed by atoms with Crippen LogP contribution >= 0.6 is 11.6 Å². The number of nitrogens with zero attached hydrogens (tertiary/aromatic N) is 2. The minimum atomic E-state index is -0.0774. The van der Waals surface area contributed by atoms with E-state index in [9.17, 15) is 5.11 Å². The number of pyridine rings is 1. The SMILES string of the molecule is CC(C)(C)OCC1CCN(c2cccc(-c3cccc(Cl)c3O)n2)CC1. The first kappa shape index (κ1) is 19.0. The van der Waals surface area contributed by atoms with Gasteiger partial charge < -0.3 is 14.7 Å². The summed E-state index contributed by atoms with van der Waals surface area (Å²) in [5.74, 6) is 1.62. The quantitative estimate of drug-likeness (QED) is 0.804. The van der Waals surface area contributed by atoms with Gasteiger partial charge in [-0.25, -0.2) is 4.98 Å². The Balaban J connectivity index is 1.67. The first-order valence-corrected chi connectivity index (χ1v) is 9.55. The van der Waals surface area contributed by atoms with Crippen LogP contribution in [-0.2, 0) is 4.74 Å². The molecule has 3 rings (SSSR count). The molecule has 5 heteroatoms. The summed E-state index contributed by atoms with van der Waals surface area (Å²) in [4.78, 5) is 7.06. The molecule has 26 heavy (non-hydrogen) atoms. The van der Waals surface area contributed by atoms with E-state index in [1.807, 2.05) is 30.3 Å². The van der Waals surface area contributed by atoms with Crippen LogP contribution in [0.2, 0.25) is 5.02 Å². The van der Waals surface area contributed by atoms with Gasteiger partial charge in [0.1, 0.15) is 11.6 Å². The normalized spacial score (nSPS) is 16.1. The van der Waals surface area contributed by atoms with Crippen molar-refractivity contribution in [2.45, 2.75) is 39.2 Å². The summed E-state index contributed by atoms with van der Waals surface area (Å²) < 4.78 is 5.94. The highest BCUT2D eigenvalue weighted by molar-refractivity contribution is 6.32. The van der Waals surface area contributed by atoms with Gasteiger partial charge in [-0.05, 0) is 63.8 Å². The minimum absolute atomic E-state index is 0.0774. The number of benzene rings is 1. The molecular formula is C21H27ClN2O2. The van der Waals surface area contributed by atoms with Gasteiger partial charge in [0.2, 0.25) is 0 Å². The van der Waals surface area contributed by atoms with E-state index in [2.05, 4.69) is 25.7 Å². The highest BCUT2D eigenvalue weighted by atomic mass is 35.5. The lowest BCUT2D eigenvalue weighted by Gasteiger charge is -2.34. The van der Waals surface area contributed by atoms with Crippen molar-refractivity contribution in [1.82, 2.24) is 4.98 Å². The highest BCUT2D eigenvalue weighted by Gasteiger charge is 2.22. The van der Waals surface area contributed by atoms with Crippen LogP contribution < -0.4 is 4.90 Å². The predicted octanol–water partition coefficient (Wildman–Crippen LogP) is 5.14. The molecule has 0 spiro atoms. The Hall–Kier alpha value is -1.78. The Labute approximate surface area is 160 Å². The van der Waals surface area contributed by atoms with Crippen LogP contribution in [0.5, 0.6) is 5.75 Å². The van der Waals surface area contributed by atoms with Crippen LogP contribution in [0, 0.1) is 5.92 Å². The molecule has 1 fully saturated rings. The second-order valence-corrected chi connectivity index (χ2v) is 8.28. The van der Waals surface area contributed by atoms with Gasteiger partial charge in [0, 0.05) is 18.7 Å². The van der Waals surface area contributed by atoms with Crippen LogP contribution in [0.1, 0.15) is 33.6 Å². The van der Waals surface area contributed by atoms with E-state index in [0.29, 0.717) is 16.5 Å². The van der Waals surface area contributed by atoms with E-state index in [4.69, 9.17) is 21.3 Å². The lowest BCUT2D eigenvalue weighted by molar-refractivity contribution is -0.0257. The summed E-state index contributed by atoms with van der Waals surface area (Å²) in [6.45, 7) is 9.06. The number of anilines is 1. The van der Waals surface area contributed by atoms with Gasteiger partial charge in [0.15, 0.2) is 0 Å². The number of phenolic OH excluding ortho intramolecular Hbond substituents is 1. The van der Waals surface area contributed by atoms with E-state index in [1.54, 1.807) is 6.07 Å². The molecule has 2 aromatic rings. The Kier molecular flexibility index (Phi) is 5.73. The fraction of sp³-hybridized carbons (Fsp3) is 0.476. The monoisotopic (exact) mass is 374 g/mol. The molecule has 4 nitrogen and oxygen atoms in total. The zero-order chi connectivity index (χ0) is 18.7. The van der Waals surface area contributed by atoms with E-state index in [1.165, 1.54) is 0 Å². The van der Waals surface area contributed by atoms with Crippen molar-refractivity contribution in [3.8, 4) is 17.0 Å². The lowest BCUT2D eigenvalue weighted by Crippen LogP contribution is -2.36.